The van der Waals surface area contributed by atoms with Gasteiger partial charge in [0.15, 0.2) is 5.69 Å². The second-order valence-electron chi connectivity index (χ2n) is 3.31. The van der Waals surface area contributed by atoms with Gasteiger partial charge < -0.3 is 4.74 Å². The van der Waals surface area contributed by atoms with Gasteiger partial charge in [-0.3, -0.25) is 4.90 Å². The summed E-state index contributed by atoms with van der Waals surface area (Å²) in [5.41, 5.74) is 0.425. The molecule has 0 fully saturated rings. The van der Waals surface area contributed by atoms with Gasteiger partial charge in [-0.1, -0.05) is 13.8 Å². The Balaban J connectivity index is 2.60. The molecule has 0 aliphatic heterocycles. The molecule has 0 unspecified atom stereocenters. The van der Waals surface area contributed by atoms with Crippen molar-refractivity contribution in [1.29, 1.82) is 0 Å². The van der Waals surface area contributed by atoms with Crippen LogP contribution >= 0.6 is 11.3 Å². The highest BCUT2D eigenvalue weighted by atomic mass is 32.1. The number of carbonyl (C=O) groups is 1. The number of nitrogens with zero attached hydrogens (tertiary/aromatic N) is 2. The molecule has 0 amide bonds. The van der Waals surface area contributed by atoms with E-state index in [-0.39, 0.29) is 5.97 Å². The lowest BCUT2D eigenvalue weighted by molar-refractivity contribution is 0.0520. The summed E-state index contributed by atoms with van der Waals surface area (Å²) in [6.07, 6.45) is 0. The van der Waals surface area contributed by atoms with Crippen LogP contribution in [0.2, 0.25) is 0 Å². The molecular formula is C11H18N2O2S. The Morgan fingerprint density at radius 3 is 2.69 bits per heavy atom. The molecule has 0 saturated heterocycles. The van der Waals surface area contributed by atoms with Crippen molar-refractivity contribution in [2.24, 2.45) is 0 Å². The lowest BCUT2D eigenvalue weighted by atomic mass is 10.4. The maximum Gasteiger partial charge on any atom is 0.357 e. The number of ether oxygens (including phenoxy) is 1. The molecule has 5 heteroatoms. The van der Waals surface area contributed by atoms with E-state index in [2.05, 4.69) is 23.7 Å². The van der Waals surface area contributed by atoms with E-state index in [1.807, 2.05) is 0 Å². The summed E-state index contributed by atoms with van der Waals surface area (Å²) in [4.78, 5) is 17.9. The summed E-state index contributed by atoms with van der Waals surface area (Å²) in [6, 6.07) is 0. The minimum Gasteiger partial charge on any atom is -0.461 e. The minimum atomic E-state index is -0.329. The first-order valence-corrected chi connectivity index (χ1v) is 6.43. The summed E-state index contributed by atoms with van der Waals surface area (Å²) in [5, 5.41) is 2.73. The first-order valence-electron chi connectivity index (χ1n) is 5.55. The van der Waals surface area contributed by atoms with Crippen molar-refractivity contribution in [3.05, 3.63) is 16.1 Å². The predicted octanol–water partition coefficient (Wildman–Crippen LogP) is 2.16. The lowest BCUT2D eigenvalue weighted by Gasteiger charge is -2.15. The van der Waals surface area contributed by atoms with Gasteiger partial charge in [0, 0.05) is 5.38 Å². The van der Waals surface area contributed by atoms with E-state index >= 15 is 0 Å². The minimum absolute atomic E-state index is 0.329. The van der Waals surface area contributed by atoms with Gasteiger partial charge in [-0.25, -0.2) is 9.78 Å². The second-order valence-corrected chi connectivity index (χ2v) is 4.25. The van der Waals surface area contributed by atoms with E-state index in [9.17, 15) is 4.79 Å². The zero-order chi connectivity index (χ0) is 12.0. The number of esters is 1. The number of rotatable bonds is 6. The van der Waals surface area contributed by atoms with Gasteiger partial charge in [-0.05, 0) is 20.0 Å². The van der Waals surface area contributed by atoms with Crippen LogP contribution in [0.1, 0.15) is 36.3 Å². The maximum absolute atomic E-state index is 11.4. The van der Waals surface area contributed by atoms with Crippen molar-refractivity contribution in [3.63, 3.8) is 0 Å². The standard InChI is InChI=1S/C11H18N2O2S/c1-4-13(5-2)7-10-12-9(8-16-10)11(14)15-6-3/h8H,4-7H2,1-3H3. The molecule has 0 radical (unpaired) electrons. The number of aromatic nitrogens is 1. The average Bonchev–Trinajstić information content (AvgIpc) is 2.74. The van der Waals surface area contributed by atoms with E-state index in [0.29, 0.717) is 12.3 Å². The molecule has 0 aromatic carbocycles. The van der Waals surface area contributed by atoms with Crippen molar-refractivity contribution in [2.75, 3.05) is 19.7 Å². The zero-order valence-electron chi connectivity index (χ0n) is 10.0. The molecule has 16 heavy (non-hydrogen) atoms. The van der Waals surface area contributed by atoms with Crippen LogP contribution in [0.3, 0.4) is 0 Å². The number of carbonyl (C=O) groups excluding carboxylic acids is 1. The lowest BCUT2D eigenvalue weighted by Crippen LogP contribution is -2.22. The summed E-state index contributed by atoms with van der Waals surface area (Å²) in [7, 11) is 0. The molecule has 0 N–H and O–H groups in total. The molecule has 0 aliphatic carbocycles. The average molecular weight is 242 g/mol. The highest BCUT2D eigenvalue weighted by Crippen LogP contribution is 2.13. The Morgan fingerprint density at radius 1 is 1.44 bits per heavy atom. The van der Waals surface area contributed by atoms with Crippen LogP contribution in [-0.2, 0) is 11.3 Å². The predicted molar refractivity (Wildman–Crippen MR) is 64.7 cm³/mol. The van der Waals surface area contributed by atoms with Crippen molar-refractivity contribution in [1.82, 2.24) is 9.88 Å². The largest absolute Gasteiger partial charge is 0.461 e. The summed E-state index contributed by atoms with van der Waals surface area (Å²) >= 11 is 1.51. The van der Waals surface area contributed by atoms with Gasteiger partial charge in [0.2, 0.25) is 0 Å². The molecule has 0 spiro atoms. The van der Waals surface area contributed by atoms with Crippen LogP contribution in [0.4, 0.5) is 0 Å². The fraction of sp³-hybridized carbons (Fsp3) is 0.636. The van der Waals surface area contributed by atoms with E-state index in [1.165, 1.54) is 11.3 Å². The van der Waals surface area contributed by atoms with Gasteiger partial charge in [-0.15, -0.1) is 11.3 Å². The SMILES string of the molecule is CCOC(=O)c1csc(CN(CC)CC)n1. The molecule has 90 valence electrons. The highest BCUT2D eigenvalue weighted by molar-refractivity contribution is 7.09. The molecule has 0 bridgehead atoms. The fourth-order valence-electron chi connectivity index (χ4n) is 1.32. The number of hydrogen-bond acceptors (Lipinski definition) is 5. The van der Waals surface area contributed by atoms with Crippen LogP contribution in [0.25, 0.3) is 0 Å². The quantitative estimate of drug-likeness (QED) is 0.717. The van der Waals surface area contributed by atoms with Gasteiger partial charge in [-0.2, -0.15) is 0 Å². The molecule has 1 rings (SSSR count). The van der Waals surface area contributed by atoms with Crippen molar-refractivity contribution in [2.45, 2.75) is 27.3 Å². The third-order valence-electron chi connectivity index (χ3n) is 2.29. The van der Waals surface area contributed by atoms with Gasteiger partial charge in [0.1, 0.15) is 5.01 Å². The van der Waals surface area contributed by atoms with E-state index in [1.54, 1.807) is 12.3 Å². The van der Waals surface area contributed by atoms with Crippen LogP contribution in [-0.4, -0.2) is 35.5 Å². The smallest absolute Gasteiger partial charge is 0.357 e. The van der Waals surface area contributed by atoms with Gasteiger partial charge in [0.25, 0.3) is 0 Å². The molecule has 0 atom stereocenters. The van der Waals surface area contributed by atoms with Crippen molar-refractivity contribution in [3.8, 4) is 0 Å². The third kappa shape index (κ3) is 3.57. The topological polar surface area (TPSA) is 42.4 Å². The van der Waals surface area contributed by atoms with E-state index < -0.39 is 0 Å². The molecule has 1 heterocycles. The van der Waals surface area contributed by atoms with E-state index in [0.717, 1.165) is 24.6 Å². The molecule has 0 saturated carbocycles. The van der Waals surface area contributed by atoms with Gasteiger partial charge in [0.05, 0.1) is 13.2 Å². The van der Waals surface area contributed by atoms with Gasteiger partial charge >= 0.3 is 5.97 Å². The van der Waals surface area contributed by atoms with Crippen molar-refractivity contribution >= 4 is 17.3 Å². The maximum atomic E-state index is 11.4. The Hall–Kier alpha value is -0.940. The van der Waals surface area contributed by atoms with Crippen LogP contribution < -0.4 is 0 Å². The number of thiazole rings is 1. The fourth-order valence-corrected chi connectivity index (χ4v) is 2.13. The van der Waals surface area contributed by atoms with Crippen LogP contribution in [0.15, 0.2) is 5.38 Å². The monoisotopic (exact) mass is 242 g/mol. The molecular weight excluding hydrogens is 224 g/mol. The Bertz CT molecular complexity index is 334. The first kappa shape index (κ1) is 13.1. The Morgan fingerprint density at radius 2 is 2.12 bits per heavy atom. The summed E-state index contributed by atoms with van der Waals surface area (Å²) in [6.45, 7) is 9.20. The summed E-state index contributed by atoms with van der Waals surface area (Å²) in [5.74, 6) is -0.329. The highest BCUT2D eigenvalue weighted by Gasteiger charge is 2.12. The van der Waals surface area contributed by atoms with E-state index in [4.69, 9.17) is 4.74 Å². The second kappa shape index (κ2) is 6.60. The normalized spacial score (nSPS) is 10.8. The van der Waals surface area contributed by atoms with Crippen molar-refractivity contribution < 1.29 is 9.53 Å². The van der Waals surface area contributed by atoms with Crippen LogP contribution in [0.5, 0.6) is 0 Å². The molecule has 1 aromatic rings. The molecule has 1 aromatic heterocycles. The molecule has 4 nitrogen and oxygen atoms in total. The number of hydrogen-bond donors (Lipinski definition) is 0. The Labute approximate surface area is 100 Å². The zero-order valence-corrected chi connectivity index (χ0v) is 10.8. The first-order chi connectivity index (χ1) is 7.71. The van der Waals surface area contributed by atoms with Crippen LogP contribution in [0, 0.1) is 0 Å². The molecule has 0 aliphatic rings. The third-order valence-corrected chi connectivity index (χ3v) is 3.12. The Kier molecular flexibility index (Phi) is 5.42. The summed E-state index contributed by atoms with van der Waals surface area (Å²) < 4.78 is 4.89.